The zero-order chi connectivity index (χ0) is 11.5. The van der Waals surface area contributed by atoms with Gasteiger partial charge in [-0.3, -0.25) is 0 Å². The van der Waals surface area contributed by atoms with Crippen molar-refractivity contribution < 1.29 is 8.78 Å². The first-order chi connectivity index (χ1) is 7.65. The summed E-state index contributed by atoms with van der Waals surface area (Å²) in [6.07, 6.45) is 1.41. The molecule has 2 rings (SSSR count). The number of anilines is 2. The van der Waals surface area contributed by atoms with E-state index in [4.69, 9.17) is 11.6 Å². The molecule has 1 aromatic heterocycles. The lowest BCUT2D eigenvalue weighted by Crippen LogP contribution is -1.97. The molecular weight excluding hydrogens is 236 g/mol. The van der Waals surface area contributed by atoms with Crippen LogP contribution in [0.25, 0.3) is 0 Å². The molecule has 0 spiro atoms. The Labute approximate surface area is 95.1 Å². The molecule has 16 heavy (non-hydrogen) atoms. The molecule has 0 atom stereocenters. The molecule has 2 aromatic rings. The van der Waals surface area contributed by atoms with Gasteiger partial charge in [-0.2, -0.15) is 0 Å². The Morgan fingerprint density at radius 1 is 1.19 bits per heavy atom. The summed E-state index contributed by atoms with van der Waals surface area (Å²) >= 11 is 5.55. The predicted molar refractivity (Wildman–Crippen MR) is 56.7 cm³/mol. The van der Waals surface area contributed by atoms with E-state index in [0.29, 0.717) is 5.82 Å². The second-order valence-electron chi connectivity index (χ2n) is 2.96. The van der Waals surface area contributed by atoms with Crippen molar-refractivity contribution in [3.8, 4) is 0 Å². The van der Waals surface area contributed by atoms with Gasteiger partial charge in [0.1, 0.15) is 17.5 Å². The molecular formula is C10H6ClF2N3. The molecule has 0 fully saturated rings. The van der Waals surface area contributed by atoms with Crippen LogP contribution in [0.3, 0.4) is 0 Å². The van der Waals surface area contributed by atoms with Crippen molar-refractivity contribution >= 4 is 23.1 Å². The van der Waals surface area contributed by atoms with Gasteiger partial charge < -0.3 is 5.32 Å². The molecule has 3 nitrogen and oxygen atoms in total. The van der Waals surface area contributed by atoms with E-state index < -0.39 is 11.6 Å². The van der Waals surface area contributed by atoms with Crippen LogP contribution in [0.1, 0.15) is 0 Å². The fraction of sp³-hybridized carbons (Fsp3) is 0. The van der Waals surface area contributed by atoms with Crippen LogP contribution in [0, 0.1) is 11.6 Å². The lowest BCUT2D eigenvalue weighted by molar-refractivity contribution is 0.603. The lowest BCUT2D eigenvalue weighted by Gasteiger charge is -2.06. The Balaban J connectivity index is 2.30. The molecule has 0 aliphatic rings. The standard InChI is InChI=1S/C10H6ClF2N3/c11-10-14-4-3-9(16-10)15-8-5-6(12)1-2-7(8)13/h1-5H,(H,14,15,16). The summed E-state index contributed by atoms with van der Waals surface area (Å²) < 4.78 is 26.1. The summed E-state index contributed by atoms with van der Waals surface area (Å²) in [4.78, 5) is 7.46. The lowest BCUT2D eigenvalue weighted by atomic mass is 10.3. The summed E-state index contributed by atoms with van der Waals surface area (Å²) in [7, 11) is 0. The van der Waals surface area contributed by atoms with Crippen LogP contribution in [0.15, 0.2) is 30.5 Å². The van der Waals surface area contributed by atoms with E-state index in [-0.39, 0.29) is 11.0 Å². The molecule has 0 bridgehead atoms. The van der Waals surface area contributed by atoms with E-state index in [1.54, 1.807) is 0 Å². The SMILES string of the molecule is Fc1ccc(F)c(Nc2ccnc(Cl)n2)c1. The van der Waals surface area contributed by atoms with E-state index in [9.17, 15) is 8.78 Å². The molecule has 0 unspecified atom stereocenters. The number of halogens is 3. The number of rotatable bonds is 2. The van der Waals surface area contributed by atoms with E-state index in [0.717, 1.165) is 18.2 Å². The van der Waals surface area contributed by atoms with Crippen molar-refractivity contribution in [1.29, 1.82) is 0 Å². The molecule has 0 radical (unpaired) electrons. The van der Waals surface area contributed by atoms with Crippen molar-refractivity contribution in [1.82, 2.24) is 9.97 Å². The van der Waals surface area contributed by atoms with Crippen LogP contribution in [0.5, 0.6) is 0 Å². The number of hydrogen-bond donors (Lipinski definition) is 1. The molecule has 0 saturated heterocycles. The van der Waals surface area contributed by atoms with Gasteiger partial charge in [0.25, 0.3) is 0 Å². The van der Waals surface area contributed by atoms with Gasteiger partial charge in [-0.1, -0.05) is 0 Å². The summed E-state index contributed by atoms with van der Waals surface area (Å²) in [5.41, 5.74) is -0.00485. The van der Waals surface area contributed by atoms with E-state index in [1.165, 1.54) is 12.3 Å². The van der Waals surface area contributed by atoms with E-state index in [2.05, 4.69) is 15.3 Å². The maximum Gasteiger partial charge on any atom is 0.224 e. The highest BCUT2D eigenvalue weighted by Gasteiger charge is 2.05. The van der Waals surface area contributed by atoms with Gasteiger partial charge in [0.05, 0.1) is 5.69 Å². The third-order valence-corrected chi connectivity index (χ3v) is 2.00. The molecule has 1 heterocycles. The Hall–Kier alpha value is -1.75. The summed E-state index contributed by atoms with van der Waals surface area (Å²) in [6.45, 7) is 0. The van der Waals surface area contributed by atoms with Gasteiger partial charge >= 0.3 is 0 Å². The first kappa shape index (κ1) is 10.8. The van der Waals surface area contributed by atoms with Gasteiger partial charge in [0.2, 0.25) is 5.28 Å². The third kappa shape index (κ3) is 2.43. The molecule has 1 aromatic carbocycles. The largest absolute Gasteiger partial charge is 0.338 e. The zero-order valence-corrected chi connectivity index (χ0v) is 8.67. The molecule has 0 aliphatic heterocycles. The predicted octanol–water partition coefficient (Wildman–Crippen LogP) is 3.15. The molecule has 0 saturated carbocycles. The van der Waals surface area contributed by atoms with Crippen molar-refractivity contribution in [3.63, 3.8) is 0 Å². The minimum absolute atomic E-state index is 0.00485. The molecule has 82 valence electrons. The molecule has 6 heteroatoms. The highest BCUT2D eigenvalue weighted by Crippen LogP contribution is 2.19. The smallest absolute Gasteiger partial charge is 0.224 e. The second kappa shape index (κ2) is 4.40. The Morgan fingerprint density at radius 2 is 2.00 bits per heavy atom. The number of nitrogens with zero attached hydrogens (tertiary/aromatic N) is 2. The fourth-order valence-electron chi connectivity index (χ4n) is 1.14. The van der Waals surface area contributed by atoms with Crippen LogP contribution in [-0.4, -0.2) is 9.97 Å². The van der Waals surface area contributed by atoms with Crippen molar-refractivity contribution in [2.75, 3.05) is 5.32 Å². The average molecular weight is 242 g/mol. The van der Waals surface area contributed by atoms with Gasteiger partial charge in [-0.25, -0.2) is 18.7 Å². The van der Waals surface area contributed by atoms with Crippen LogP contribution >= 0.6 is 11.6 Å². The number of hydrogen-bond acceptors (Lipinski definition) is 3. The quantitative estimate of drug-likeness (QED) is 0.821. The van der Waals surface area contributed by atoms with Gasteiger partial charge in [0.15, 0.2) is 0 Å². The van der Waals surface area contributed by atoms with Crippen molar-refractivity contribution in [3.05, 3.63) is 47.4 Å². The highest BCUT2D eigenvalue weighted by atomic mass is 35.5. The molecule has 0 aliphatic carbocycles. The van der Waals surface area contributed by atoms with Crippen LogP contribution in [0.4, 0.5) is 20.3 Å². The number of benzene rings is 1. The van der Waals surface area contributed by atoms with Crippen molar-refractivity contribution in [2.24, 2.45) is 0 Å². The maximum absolute atomic E-state index is 13.3. The van der Waals surface area contributed by atoms with E-state index in [1.807, 2.05) is 0 Å². The minimum atomic E-state index is -0.573. The Bertz CT molecular complexity index is 519. The normalized spacial score (nSPS) is 10.2. The van der Waals surface area contributed by atoms with Crippen LogP contribution in [-0.2, 0) is 0 Å². The first-order valence-corrected chi connectivity index (χ1v) is 4.73. The first-order valence-electron chi connectivity index (χ1n) is 4.36. The van der Waals surface area contributed by atoms with E-state index >= 15 is 0 Å². The summed E-state index contributed by atoms with van der Waals surface area (Å²) in [5, 5.41) is 2.63. The monoisotopic (exact) mass is 241 g/mol. The summed E-state index contributed by atoms with van der Waals surface area (Å²) in [5.74, 6) is -0.815. The van der Waals surface area contributed by atoms with Crippen LogP contribution in [0.2, 0.25) is 5.28 Å². The van der Waals surface area contributed by atoms with Crippen LogP contribution < -0.4 is 5.32 Å². The zero-order valence-electron chi connectivity index (χ0n) is 7.92. The molecule has 0 amide bonds. The highest BCUT2D eigenvalue weighted by molar-refractivity contribution is 6.28. The Kier molecular flexibility index (Phi) is 2.96. The van der Waals surface area contributed by atoms with Gasteiger partial charge in [-0.05, 0) is 29.8 Å². The second-order valence-corrected chi connectivity index (χ2v) is 3.30. The average Bonchev–Trinajstić information content (AvgIpc) is 2.24. The minimum Gasteiger partial charge on any atom is -0.338 e. The van der Waals surface area contributed by atoms with Gasteiger partial charge in [0, 0.05) is 12.3 Å². The van der Waals surface area contributed by atoms with Crippen molar-refractivity contribution in [2.45, 2.75) is 0 Å². The maximum atomic E-state index is 13.3. The Morgan fingerprint density at radius 3 is 2.75 bits per heavy atom. The topological polar surface area (TPSA) is 37.8 Å². The number of nitrogens with one attached hydrogen (secondary N) is 1. The fourth-order valence-corrected chi connectivity index (χ4v) is 1.28. The third-order valence-electron chi connectivity index (χ3n) is 1.82. The summed E-state index contributed by atoms with van der Waals surface area (Å²) in [6, 6.07) is 4.59. The molecule has 1 N–H and O–H groups in total. The number of aromatic nitrogens is 2. The van der Waals surface area contributed by atoms with Gasteiger partial charge in [-0.15, -0.1) is 0 Å².